The van der Waals surface area contributed by atoms with Crippen molar-refractivity contribution in [3.8, 4) is 0 Å². The van der Waals surface area contributed by atoms with Crippen molar-refractivity contribution < 1.29 is 13.2 Å². The van der Waals surface area contributed by atoms with E-state index in [2.05, 4.69) is 20.7 Å². The van der Waals surface area contributed by atoms with E-state index >= 15 is 0 Å². The standard InChI is InChI=1S/C11H15BrN2O3S/c12-10-4-3-8(6-11(10)13)14-18(15,16)7-9-2-1-5-17-9/h3-4,6,9,14H,1-2,5,7,13H2. The maximum atomic E-state index is 11.9. The molecular weight excluding hydrogens is 320 g/mol. The Morgan fingerprint density at radius 2 is 2.28 bits per heavy atom. The first-order valence-corrected chi connectivity index (χ1v) is 8.08. The Kier molecular flexibility index (Phi) is 4.14. The van der Waals surface area contributed by atoms with Crippen molar-refractivity contribution in [2.75, 3.05) is 22.8 Å². The first-order chi connectivity index (χ1) is 8.46. The second-order valence-electron chi connectivity index (χ2n) is 4.25. The van der Waals surface area contributed by atoms with Crippen molar-refractivity contribution in [1.82, 2.24) is 0 Å². The number of nitrogen functional groups attached to an aromatic ring is 1. The fraction of sp³-hybridized carbons (Fsp3) is 0.455. The van der Waals surface area contributed by atoms with Gasteiger partial charge in [-0.1, -0.05) is 0 Å². The Morgan fingerprint density at radius 1 is 1.50 bits per heavy atom. The zero-order valence-electron chi connectivity index (χ0n) is 9.73. The summed E-state index contributed by atoms with van der Waals surface area (Å²) in [4.78, 5) is 0. The molecule has 1 heterocycles. The number of rotatable bonds is 4. The Balaban J connectivity index is 2.04. The van der Waals surface area contributed by atoms with Gasteiger partial charge in [-0.15, -0.1) is 0 Å². The molecule has 18 heavy (non-hydrogen) atoms. The SMILES string of the molecule is Nc1cc(NS(=O)(=O)CC2CCCO2)ccc1Br. The predicted molar refractivity (Wildman–Crippen MR) is 74.9 cm³/mol. The lowest BCUT2D eigenvalue weighted by Crippen LogP contribution is -2.25. The van der Waals surface area contributed by atoms with E-state index < -0.39 is 10.0 Å². The minimum atomic E-state index is -3.39. The molecule has 0 saturated carbocycles. The van der Waals surface area contributed by atoms with Gasteiger partial charge in [0.25, 0.3) is 0 Å². The lowest BCUT2D eigenvalue weighted by molar-refractivity contribution is 0.127. The van der Waals surface area contributed by atoms with Crippen molar-refractivity contribution in [1.29, 1.82) is 0 Å². The quantitative estimate of drug-likeness (QED) is 0.824. The zero-order valence-corrected chi connectivity index (χ0v) is 12.1. The van der Waals surface area contributed by atoms with Gasteiger partial charge in [0.1, 0.15) is 0 Å². The van der Waals surface area contributed by atoms with Crippen LogP contribution in [-0.4, -0.2) is 26.9 Å². The minimum Gasteiger partial charge on any atom is -0.398 e. The van der Waals surface area contributed by atoms with Crippen LogP contribution in [0.2, 0.25) is 0 Å². The number of hydrogen-bond acceptors (Lipinski definition) is 4. The molecule has 3 N–H and O–H groups in total. The summed E-state index contributed by atoms with van der Waals surface area (Å²) in [6.45, 7) is 0.644. The molecule has 2 rings (SSSR count). The minimum absolute atomic E-state index is 0.0109. The first kappa shape index (κ1) is 13.6. The van der Waals surface area contributed by atoms with Crippen LogP contribution < -0.4 is 10.5 Å². The van der Waals surface area contributed by atoms with Gasteiger partial charge in [0, 0.05) is 16.8 Å². The molecule has 0 amide bonds. The highest BCUT2D eigenvalue weighted by molar-refractivity contribution is 9.10. The van der Waals surface area contributed by atoms with Gasteiger partial charge in [-0.05, 0) is 47.0 Å². The van der Waals surface area contributed by atoms with Gasteiger partial charge < -0.3 is 10.5 Å². The van der Waals surface area contributed by atoms with Gasteiger partial charge in [0.15, 0.2) is 0 Å². The molecule has 1 aromatic carbocycles. The number of sulfonamides is 1. The molecule has 5 nitrogen and oxygen atoms in total. The molecule has 1 aromatic rings. The molecule has 1 unspecified atom stereocenters. The summed E-state index contributed by atoms with van der Waals surface area (Å²) in [7, 11) is -3.39. The van der Waals surface area contributed by atoms with E-state index in [9.17, 15) is 8.42 Å². The average molecular weight is 335 g/mol. The van der Waals surface area contributed by atoms with Crippen molar-refractivity contribution in [3.05, 3.63) is 22.7 Å². The molecule has 100 valence electrons. The number of benzene rings is 1. The highest BCUT2D eigenvalue weighted by atomic mass is 79.9. The molecule has 0 radical (unpaired) electrons. The third-order valence-corrected chi connectivity index (χ3v) is 4.78. The number of anilines is 2. The molecule has 0 bridgehead atoms. The monoisotopic (exact) mass is 334 g/mol. The summed E-state index contributed by atoms with van der Waals surface area (Å²) in [5.74, 6) is -0.0109. The molecule has 1 atom stereocenters. The second kappa shape index (κ2) is 5.46. The topological polar surface area (TPSA) is 81.4 Å². The summed E-state index contributed by atoms with van der Waals surface area (Å²) in [5.41, 5.74) is 6.66. The third-order valence-electron chi connectivity index (χ3n) is 2.70. The zero-order chi connectivity index (χ0) is 13.2. The molecule has 7 heteroatoms. The highest BCUT2D eigenvalue weighted by Gasteiger charge is 2.23. The molecular formula is C11H15BrN2O3S. The van der Waals surface area contributed by atoms with E-state index in [1.165, 1.54) is 0 Å². The number of hydrogen-bond donors (Lipinski definition) is 2. The van der Waals surface area contributed by atoms with Crippen molar-refractivity contribution in [2.45, 2.75) is 18.9 Å². The first-order valence-electron chi connectivity index (χ1n) is 5.63. The fourth-order valence-corrected chi connectivity index (χ4v) is 3.42. The number of nitrogens with two attached hydrogens (primary N) is 1. The van der Waals surface area contributed by atoms with E-state index in [1.807, 2.05) is 0 Å². The smallest absolute Gasteiger partial charge is 0.235 e. The number of ether oxygens (including phenoxy) is 1. The van der Waals surface area contributed by atoms with Gasteiger partial charge >= 0.3 is 0 Å². The van der Waals surface area contributed by atoms with Crippen LogP contribution in [0.15, 0.2) is 22.7 Å². The van der Waals surface area contributed by atoms with Crippen LogP contribution in [0.5, 0.6) is 0 Å². The predicted octanol–water partition coefficient (Wildman–Crippen LogP) is 1.95. The van der Waals surface area contributed by atoms with Crippen molar-refractivity contribution in [3.63, 3.8) is 0 Å². The fourth-order valence-electron chi connectivity index (χ4n) is 1.85. The van der Waals surface area contributed by atoms with Gasteiger partial charge in [0.05, 0.1) is 17.5 Å². The molecule has 0 aromatic heterocycles. The van der Waals surface area contributed by atoms with Crippen LogP contribution in [0.25, 0.3) is 0 Å². The Bertz CT molecular complexity index is 527. The van der Waals surface area contributed by atoms with Crippen molar-refractivity contribution in [2.24, 2.45) is 0 Å². The molecule has 1 saturated heterocycles. The second-order valence-corrected chi connectivity index (χ2v) is 6.88. The largest absolute Gasteiger partial charge is 0.398 e. The summed E-state index contributed by atoms with van der Waals surface area (Å²) in [5, 5.41) is 0. The van der Waals surface area contributed by atoms with Gasteiger partial charge in [-0.3, -0.25) is 4.72 Å². The summed E-state index contributed by atoms with van der Waals surface area (Å²) >= 11 is 3.26. The van der Waals surface area contributed by atoms with Crippen molar-refractivity contribution >= 4 is 37.3 Å². The lowest BCUT2D eigenvalue weighted by atomic mass is 10.3. The van der Waals surface area contributed by atoms with Crippen LogP contribution in [0.3, 0.4) is 0 Å². The number of halogens is 1. The molecule has 1 aliphatic heterocycles. The maximum Gasteiger partial charge on any atom is 0.235 e. The average Bonchev–Trinajstić information content (AvgIpc) is 2.75. The molecule has 0 spiro atoms. The lowest BCUT2D eigenvalue weighted by Gasteiger charge is -2.12. The van der Waals surface area contributed by atoms with Crippen LogP contribution in [0, 0.1) is 0 Å². The van der Waals surface area contributed by atoms with E-state index in [0.717, 1.165) is 17.3 Å². The third kappa shape index (κ3) is 3.60. The Morgan fingerprint density at radius 3 is 2.89 bits per heavy atom. The maximum absolute atomic E-state index is 11.9. The molecule has 1 aliphatic rings. The summed E-state index contributed by atoms with van der Waals surface area (Å²) in [6.07, 6.45) is 1.52. The summed E-state index contributed by atoms with van der Waals surface area (Å²) in [6, 6.07) is 4.95. The van der Waals surface area contributed by atoms with Crippen LogP contribution in [0.1, 0.15) is 12.8 Å². The van der Waals surface area contributed by atoms with E-state index in [1.54, 1.807) is 18.2 Å². The molecule has 1 fully saturated rings. The van der Waals surface area contributed by atoms with Crippen LogP contribution in [-0.2, 0) is 14.8 Å². The van der Waals surface area contributed by atoms with Gasteiger partial charge in [0.2, 0.25) is 10.0 Å². The van der Waals surface area contributed by atoms with Crippen LogP contribution >= 0.6 is 15.9 Å². The van der Waals surface area contributed by atoms with Gasteiger partial charge in [-0.2, -0.15) is 0 Å². The van der Waals surface area contributed by atoms with Crippen LogP contribution in [0.4, 0.5) is 11.4 Å². The highest BCUT2D eigenvalue weighted by Crippen LogP contribution is 2.24. The Labute approximate surface area is 115 Å². The van der Waals surface area contributed by atoms with E-state index in [-0.39, 0.29) is 11.9 Å². The Hall–Kier alpha value is -0.790. The van der Waals surface area contributed by atoms with E-state index in [0.29, 0.717) is 18.0 Å². The number of nitrogens with one attached hydrogen (secondary N) is 1. The van der Waals surface area contributed by atoms with Gasteiger partial charge in [-0.25, -0.2) is 8.42 Å². The summed E-state index contributed by atoms with van der Waals surface area (Å²) < 4.78 is 32.4. The van der Waals surface area contributed by atoms with E-state index in [4.69, 9.17) is 10.5 Å². The normalized spacial score (nSPS) is 19.9. The molecule has 0 aliphatic carbocycles.